The van der Waals surface area contributed by atoms with Gasteiger partial charge in [0.1, 0.15) is 12.3 Å². The molecule has 17 heavy (non-hydrogen) atoms. The summed E-state index contributed by atoms with van der Waals surface area (Å²) in [5, 5.41) is 8.68. The number of aliphatic carboxylic acids is 1. The van der Waals surface area contributed by atoms with E-state index in [0.29, 0.717) is 12.5 Å². The minimum absolute atomic E-state index is 0.00774. The smallest absolute Gasteiger partial charge is 0.323 e. The number of hydrogen-bond donors (Lipinski definition) is 1. The highest BCUT2D eigenvalue weighted by molar-refractivity contribution is 5.73. The molecule has 0 aliphatic rings. The fourth-order valence-electron chi connectivity index (χ4n) is 1.35. The van der Waals surface area contributed by atoms with Gasteiger partial charge in [-0.1, -0.05) is 13.8 Å². The summed E-state index contributed by atoms with van der Waals surface area (Å²) in [6.07, 6.45) is 0. The van der Waals surface area contributed by atoms with E-state index in [4.69, 9.17) is 9.84 Å². The lowest BCUT2D eigenvalue weighted by atomic mass is 10.2. The highest BCUT2D eigenvalue weighted by Gasteiger charge is 2.05. The maximum Gasteiger partial charge on any atom is 0.323 e. The van der Waals surface area contributed by atoms with Gasteiger partial charge in [-0.15, -0.1) is 0 Å². The molecule has 0 spiro atoms. The van der Waals surface area contributed by atoms with Crippen LogP contribution in [0.3, 0.4) is 0 Å². The Morgan fingerprint density at radius 2 is 1.94 bits per heavy atom. The van der Waals surface area contributed by atoms with Crippen LogP contribution in [0.4, 0.5) is 5.69 Å². The van der Waals surface area contributed by atoms with Crippen molar-refractivity contribution in [2.24, 2.45) is 5.92 Å². The summed E-state index contributed by atoms with van der Waals surface area (Å²) >= 11 is 0. The van der Waals surface area contributed by atoms with Crippen molar-refractivity contribution >= 4 is 11.7 Å². The Morgan fingerprint density at radius 1 is 1.35 bits per heavy atom. The molecule has 0 aliphatic heterocycles. The Labute approximate surface area is 102 Å². The molecule has 4 nitrogen and oxygen atoms in total. The van der Waals surface area contributed by atoms with Gasteiger partial charge in [-0.25, -0.2) is 0 Å². The second kappa shape index (κ2) is 6.13. The Morgan fingerprint density at radius 3 is 2.41 bits per heavy atom. The normalized spacial score (nSPS) is 10.4. The largest absolute Gasteiger partial charge is 0.493 e. The Hall–Kier alpha value is -1.71. The van der Waals surface area contributed by atoms with E-state index >= 15 is 0 Å². The van der Waals surface area contributed by atoms with Crippen molar-refractivity contribution in [3.63, 3.8) is 0 Å². The molecular formula is C13H19NO3. The molecule has 0 aromatic heterocycles. The van der Waals surface area contributed by atoms with Crippen LogP contribution in [0.2, 0.25) is 0 Å². The van der Waals surface area contributed by atoms with Crippen molar-refractivity contribution in [1.29, 1.82) is 0 Å². The van der Waals surface area contributed by atoms with Crippen molar-refractivity contribution < 1.29 is 14.6 Å². The van der Waals surface area contributed by atoms with Crippen LogP contribution < -0.4 is 9.64 Å². The van der Waals surface area contributed by atoms with Crippen LogP contribution in [-0.4, -0.2) is 31.3 Å². The van der Waals surface area contributed by atoms with Crippen LogP contribution in [0, 0.1) is 5.92 Å². The Kier molecular flexibility index (Phi) is 4.82. The Balaban J connectivity index is 2.58. The number of rotatable bonds is 6. The lowest BCUT2D eigenvalue weighted by Crippen LogP contribution is -2.24. The van der Waals surface area contributed by atoms with Gasteiger partial charge in [0, 0.05) is 12.7 Å². The molecule has 0 saturated heterocycles. The van der Waals surface area contributed by atoms with E-state index in [2.05, 4.69) is 13.8 Å². The first-order chi connectivity index (χ1) is 7.99. The summed E-state index contributed by atoms with van der Waals surface area (Å²) in [5.74, 6) is 0.461. The molecule has 1 rings (SSSR count). The number of hydrogen-bond acceptors (Lipinski definition) is 3. The topological polar surface area (TPSA) is 49.8 Å². The zero-order chi connectivity index (χ0) is 12.8. The first-order valence-corrected chi connectivity index (χ1v) is 5.65. The predicted octanol–water partition coefficient (Wildman–Crippen LogP) is 2.24. The van der Waals surface area contributed by atoms with Crippen molar-refractivity contribution in [2.45, 2.75) is 13.8 Å². The van der Waals surface area contributed by atoms with Gasteiger partial charge in [-0.2, -0.15) is 0 Å². The number of anilines is 1. The summed E-state index contributed by atoms with van der Waals surface area (Å²) in [4.78, 5) is 12.2. The van der Waals surface area contributed by atoms with Gasteiger partial charge in [0.05, 0.1) is 6.61 Å². The summed E-state index contributed by atoms with van der Waals surface area (Å²) in [6.45, 7) is 4.86. The van der Waals surface area contributed by atoms with E-state index in [-0.39, 0.29) is 6.54 Å². The SMILES string of the molecule is CC(C)COc1ccc(N(C)CC(=O)O)cc1. The molecule has 0 atom stereocenters. The van der Waals surface area contributed by atoms with E-state index in [1.807, 2.05) is 24.3 Å². The molecule has 0 heterocycles. The minimum Gasteiger partial charge on any atom is -0.493 e. The van der Waals surface area contributed by atoms with Crippen molar-refractivity contribution in [3.05, 3.63) is 24.3 Å². The number of nitrogens with zero attached hydrogens (tertiary/aromatic N) is 1. The molecule has 1 aromatic carbocycles. The van der Waals surface area contributed by atoms with E-state index in [9.17, 15) is 4.79 Å². The molecule has 0 aliphatic carbocycles. The third kappa shape index (κ3) is 4.76. The van der Waals surface area contributed by atoms with Gasteiger partial charge in [0.25, 0.3) is 0 Å². The van der Waals surface area contributed by atoms with Crippen LogP contribution in [0.15, 0.2) is 24.3 Å². The molecule has 0 bridgehead atoms. The number of carbonyl (C=O) groups is 1. The number of carboxylic acid groups (broad SMARTS) is 1. The number of carboxylic acids is 1. The van der Waals surface area contributed by atoms with E-state index in [0.717, 1.165) is 11.4 Å². The summed E-state index contributed by atoms with van der Waals surface area (Å²) in [6, 6.07) is 7.43. The first kappa shape index (κ1) is 13.4. The van der Waals surface area contributed by atoms with Crippen molar-refractivity contribution in [1.82, 2.24) is 0 Å². The maximum absolute atomic E-state index is 10.6. The summed E-state index contributed by atoms with van der Waals surface area (Å²) < 4.78 is 5.55. The van der Waals surface area contributed by atoms with E-state index < -0.39 is 5.97 Å². The number of ether oxygens (including phenoxy) is 1. The minimum atomic E-state index is -0.840. The number of benzene rings is 1. The maximum atomic E-state index is 10.6. The Bertz CT molecular complexity index is 359. The molecular weight excluding hydrogens is 218 g/mol. The van der Waals surface area contributed by atoms with E-state index in [1.54, 1.807) is 11.9 Å². The highest BCUT2D eigenvalue weighted by Crippen LogP contribution is 2.18. The van der Waals surface area contributed by atoms with Gasteiger partial charge in [0.15, 0.2) is 0 Å². The zero-order valence-corrected chi connectivity index (χ0v) is 10.5. The van der Waals surface area contributed by atoms with Crippen molar-refractivity contribution in [2.75, 3.05) is 25.1 Å². The molecule has 1 aromatic rings. The van der Waals surface area contributed by atoms with Crippen LogP contribution >= 0.6 is 0 Å². The predicted molar refractivity (Wildman–Crippen MR) is 67.7 cm³/mol. The molecule has 94 valence electrons. The van der Waals surface area contributed by atoms with Crippen molar-refractivity contribution in [3.8, 4) is 5.75 Å². The molecule has 1 N–H and O–H groups in total. The monoisotopic (exact) mass is 237 g/mol. The second-order valence-electron chi connectivity index (χ2n) is 4.45. The van der Waals surface area contributed by atoms with E-state index in [1.165, 1.54) is 0 Å². The van der Waals surface area contributed by atoms with Crippen LogP contribution in [0.5, 0.6) is 5.75 Å². The fourth-order valence-corrected chi connectivity index (χ4v) is 1.35. The van der Waals surface area contributed by atoms with Gasteiger partial charge in [0.2, 0.25) is 0 Å². The molecule has 0 radical (unpaired) electrons. The zero-order valence-electron chi connectivity index (χ0n) is 10.5. The number of likely N-dealkylation sites (N-methyl/N-ethyl adjacent to an activating group) is 1. The standard InChI is InChI=1S/C13H19NO3/c1-10(2)9-17-12-6-4-11(5-7-12)14(3)8-13(15)16/h4-7,10H,8-9H2,1-3H3,(H,15,16). The third-order valence-corrected chi connectivity index (χ3v) is 2.23. The van der Waals surface area contributed by atoms with Crippen LogP contribution in [-0.2, 0) is 4.79 Å². The average Bonchev–Trinajstić information content (AvgIpc) is 2.26. The van der Waals surface area contributed by atoms with Gasteiger partial charge in [-0.05, 0) is 30.2 Å². The van der Waals surface area contributed by atoms with Gasteiger partial charge < -0.3 is 14.7 Å². The van der Waals surface area contributed by atoms with Gasteiger partial charge in [-0.3, -0.25) is 4.79 Å². The fraction of sp³-hybridized carbons (Fsp3) is 0.462. The lowest BCUT2D eigenvalue weighted by molar-refractivity contribution is -0.135. The van der Waals surface area contributed by atoms with Gasteiger partial charge >= 0.3 is 5.97 Å². The third-order valence-electron chi connectivity index (χ3n) is 2.23. The molecule has 0 fully saturated rings. The highest BCUT2D eigenvalue weighted by atomic mass is 16.5. The molecule has 0 unspecified atom stereocenters. The van der Waals surface area contributed by atoms with Crippen LogP contribution in [0.1, 0.15) is 13.8 Å². The molecule has 0 amide bonds. The quantitative estimate of drug-likeness (QED) is 0.824. The summed E-state index contributed by atoms with van der Waals surface area (Å²) in [7, 11) is 1.75. The summed E-state index contributed by atoms with van der Waals surface area (Å²) in [5.41, 5.74) is 0.865. The van der Waals surface area contributed by atoms with Crippen LogP contribution in [0.25, 0.3) is 0 Å². The molecule has 0 saturated carbocycles. The molecule has 4 heteroatoms. The second-order valence-corrected chi connectivity index (χ2v) is 4.45. The average molecular weight is 237 g/mol. The first-order valence-electron chi connectivity index (χ1n) is 5.65. The lowest BCUT2D eigenvalue weighted by Gasteiger charge is -2.17.